The van der Waals surface area contributed by atoms with Gasteiger partial charge < -0.3 is 15.0 Å². The summed E-state index contributed by atoms with van der Waals surface area (Å²) in [5.41, 5.74) is 9.46. The van der Waals surface area contributed by atoms with E-state index in [0.29, 0.717) is 13.2 Å². The van der Waals surface area contributed by atoms with Crippen molar-refractivity contribution in [2.75, 3.05) is 6.61 Å². The maximum Gasteiger partial charge on any atom is 0.119 e. The van der Waals surface area contributed by atoms with Crippen LogP contribution >= 0.6 is 0 Å². The van der Waals surface area contributed by atoms with Crippen LogP contribution in [-0.2, 0) is 25.9 Å². The second-order valence-corrected chi connectivity index (χ2v) is 5.61. The summed E-state index contributed by atoms with van der Waals surface area (Å²) in [5, 5.41) is 0. The molecule has 4 heteroatoms. The topological polar surface area (TPSA) is 53.1 Å². The fraction of sp³-hybridized carbons (Fsp3) is 0.471. The Morgan fingerprint density at radius 3 is 3.00 bits per heavy atom. The first kappa shape index (κ1) is 14.1. The van der Waals surface area contributed by atoms with Gasteiger partial charge in [-0.15, -0.1) is 0 Å². The molecule has 1 heterocycles. The van der Waals surface area contributed by atoms with Crippen LogP contribution in [0.3, 0.4) is 0 Å². The minimum absolute atomic E-state index is 0.547. The van der Waals surface area contributed by atoms with Gasteiger partial charge in [0, 0.05) is 12.2 Å². The molecule has 4 nitrogen and oxygen atoms in total. The van der Waals surface area contributed by atoms with Crippen molar-refractivity contribution in [2.24, 2.45) is 5.73 Å². The van der Waals surface area contributed by atoms with Gasteiger partial charge in [-0.05, 0) is 50.3 Å². The lowest BCUT2D eigenvalue weighted by molar-refractivity contribution is 0.294. The lowest BCUT2D eigenvalue weighted by Gasteiger charge is -2.15. The molecule has 3 rings (SSSR count). The minimum Gasteiger partial charge on any atom is -0.492 e. The van der Waals surface area contributed by atoms with Gasteiger partial charge in [0.05, 0.1) is 12.2 Å². The molecule has 1 aromatic heterocycles. The summed E-state index contributed by atoms with van der Waals surface area (Å²) in [7, 11) is 0. The fourth-order valence-electron chi connectivity index (χ4n) is 3.05. The van der Waals surface area contributed by atoms with Crippen molar-refractivity contribution in [3.8, 4) is 5.75 Å². The highest BCUT2D eigenvalue weighted by atomic mass is 16.5. The van der Waals surface area contributed by atoms with Gasteiger partial charge >= 0.3 is 0 Å². The highest BCUT2D eigenvalue weighted by Crippen LogP contribution is 2.22. The standard InChI is InChI=1S/C17H23N3O/c1-13-19-16-7-2-3-8-17(16)20(13)9-10-21-15-6-4-5-14(11-15)12-18/h4-6,11H,2-3,7-10,12,18H2,1H3. The van der Waals surface area contributed by atoms with E-state index < -0.39 is 0 Å². The van der Waals surface area contributed by atoms with Crippen LogP contribution in [0.2, 0.25) is 0 Å². The molecule has 2 N–H and O–H groups in total. The molecule has 2 aromatic rings. The Morgan fingerprint density at radius 1 is 1.29 bits per heavy atom. The number of imidazole rings is 1. The third-order valence-corrected chi connectivity index (χ3v) is 4.14. The Bertz CT molecular complexity index is 618. The first-order valence-electron chi connectivity index (χ1n) is 7.74. The zero-order valence-electron chi connectivity index (χ0n) is 12.6. The molecule has 0 unspecified atom stereocenters. The van der Waals surface area contributed by atoms with E-state index in [0.717, 1.165) is 36.5 Å². The number of aromatic nitrogens is 2. The molecule has 1 aromatic carbocycles. The lowest BCUT2D eigenvalue weighted by atomic mass is 10.0. The minimum atomic E-state index is 0.547. The molecule has 0 saturated carbocycles. The number of fused-ring (bicyclic) bond motifs is 1. The number of benzene rings is 1. The van der Waals surface area contributed by atoms with Crippen LogP contribution in [0, 0.1) is 6.92 Å². The summed E-state index contributed by atoms with van der Waals surface area (Å²) >= 11 is 0. The van der Waals surface area contributed by atoms with Crippen LogP contribution < -0.4 is 10.5 Å². The largest absolute Gasteiger partial charge is 0.492 e. The van der Waals surface area contributed by atoms with Crippen molar-refractivity contribution in [1.29, 1.82) is 0 Å². The second-order valence-electron chi connectivity index (χ2n) is 5.61. The molecule has 0 atom stereocenters. The van der Waals surface area contributed by atoms with Crippen molar-refractivity contribution in [3.63, 3.8) is 0 Å². The molecule has 0 aliphatic heterocycles. The maximum absolute atomic E-state index is 5.86. The van der Waals surface area contributed by atoms with Gasteiger partial charge in [0.25, 0.3) is 0 Å². The number of rotatable bonds is 5. The van der Waals surface area contributed by atoms with Crippen molar-refractivity contribution >= 4 is 0 Å². The second kappa shape index (κ2) is 6.31. The molecule has 0 fully saturated rings. The number of nitrogens with zero attached hydrogens (tertiary/aromatic N) is 2. The molecule has 0 bridgehead atoms. The normalized spacial score (nSPS) is 14.0. The molecule has 0 amide bonds. The van der Waals surface area contributed by atoms with E-state index in [1.54, 1.807) is 0 Å². The van der Waals surface area contributed by atoms with E-state index in [9.17, 15) is 0 Å². The van der Waals surface area contributed by atoms with Crippen molar-refractivity contribution in [1.82, 2.24) is 9.55 Å². The monoisotopic (exact) mass is 285 g/mol. The highest BCUT2D eigenvalue weighted by molar-refractivity contribution is 5.28. The third kappa shape index (κ3) is 3.10. The molecule has 21 heavy (non-hydrogen) atoms. The van der Waals surface area contributed by atoms with Gasteiger partial charge in [0.15, 0.2) is 0 Å². The molecule has 1 aliphatic rings. The van der Waals surface area contributed by atoms with Crippen LogP contribution in [0.5, 0.6) is 5.75 Å². The summed E-state index contributed by atoms with van der Waals surface area (Å²) < 4.78 is 8.18. The maximum atomic E-state index is 5.86. The summed E-state index contributed by atoms with van der Waals surface area (Å²) in [6.45, 7) is 4.16. The predicted octanol–water partition coefficient (Wildman–Crippen LogP) is 2.61. The van der Waals surface area contributed by atoms with E-state index in [1.807, 2.05) is 24.3 Å². The molecule has 1 aliphatic carbocycles. The number of aryl methyl sites for hydroxylation is 2. The SMILES string of the molecule is Cc1nc2c(n1CCOc1cccc(CN)c1)CCCC2. The first-order valence-corrected chi connectivity index (χ1v) is 7.74. The first-order chi connectivity index (χ1) is 10.3. The number of hydrogen-bond donors (Lipinski definition) is 1. The summed E-state index contributed by atoms with van der Waals surface area (Å²) in [5.74, 6) is 2.01. The lowest BCUT2D eigenvalue weighted by Crippen LogP contribution is -2.14. The van der Waals surface area contributed by atoms with Gasteiger partial charge in [-0.3, -0.25) is 0 Å². The van der Waals surface area contributed by atoms with E-state index in [-0.39, 0.29) is 0 Å². The van der Waals surface area contributed by atoms with Crippen LogP contribution in [0.4, 0.5) is 0 Å². The van der Waals surface area contributed by atoms with Gasteiger partial charge in [-0.25, -0.2) is 4.98 Å². The van der Waals surface area contributed by atoms with Gasteiger partial charge in [0.2, 0.25) is 0 Å². The Kier molecular flexibility index (Phi) is 4.25. The van der Waals surface area contributed by atoms with E-state index in [4.69, 9.17) is 15.5 Å². The Balaban J connectivity index is 1.64. The average Bonchev–Trinajstić information content (AvgIpc) is 2.83. The molecular formula is C17H23N3O. The van der Waals surface area contributed by atoms with Gasteiger partial charge in [-0.2, -0.15) is 0 Å². The molecule has 0 radical (unpaired) electrons. The Morgan fingerprint density at radius 2 is 2.14 bits per heavy atom. The fourth-order valence-corrected chi connectivity index (χ4v) is 3.05. The zero-order valence-corrected chi connectivity index (χ0v) is 12.6. The van der Waals surface area contributed by atoms with Gasteiger partial charge in [0.1, 0.15) is 18.2 Å². The quantitative estimate of drug-likeness (QED) is 0.918. The van der Waals surface area contributed by atoms with Crippen LogP contribution in [0.15, 0.2) is 24.3 Å². The van der Waals surface area contributed by atoms with E-state index >= 15 is 0 Å². The van der Waals surface area contributed by atoms with E-state index in [2.05, 4.69) is 11.5 Å². The number of ether oxygens (including phenoxy) is 1. The van der Waals surface area contributed by atoms with Gasteiger partial charge in [-0.1, -0.05) is 12.1 Å². The third-order valence-electron chi connectivity index (χ3n) is 4.14. The smallest absolute Gasteiger partial charge is 0.119 e. The average molecular weight is 285 g/mol. The summed E-state index contributed by atoms with van der Waals surface area (Å²) in [6, 6.07) is 8.00. The molecule has 112 valence electrons. The summed E-state index contributed by atoms with van der Waals surface area (Å²) in [6.07, 6.45) is 4.82. The number of nitrogens with two attached hydrogens (primary N) is 1. The zero-order chi connectivity index (χ0) is 14.7. The van der Waals surface area contributed by atoms with Crippen molar-refractivity contribution < 1.29 is 4.74 Å². The van der Waals surface area contributed by atoms with Crippen molar-refractivity contribution in [2.45, 2.75) is 45.7 Å². The Hall–Kier alpha value is -1.81. The predicted molar refractivity (Wildman–Crippen MR) is 83.4 cm³/mol. The van der Waals surface area contributed by atoms with E-state index in [1.165, 1.54) is 24.2 Å². The molecule has 0 spiro atoms. The molecule has 0 saturated heterocycles. The van der Waals surface area contributed by atoms with Crippen molar-refractivity contribution in [3.05, 3.63) is 47.0 Å². The summed E-state index contributed by atoms with van der Waals surface area (Å²) in [4.78, 5) is 4.70. The van der Waals surface area contributed by atoms with Crippen LogP contribution in [0.25, 0.3) is 0 Å². The number of hydrogen-bond acceptors (Lipinski definition) is 3. The highest BCUT2D eigenvalue weighted by Gasteiger charge is 2.17. The van der Waals surface area contributed by atoms with Crippen LogP contribution in [0.1, 0.15) is 35.6 Å². The molecular weight excluding hydrogens is 262 g/mol. The van der Waals surface area contributed by atoms with Crippen LogP contribution in [-0.4, -0.2) is 16.2 Å². The Labute approximate surface area is 125 Å².